The summed E-state index contributed by atoms with van der Waals surface area (Å²) in [4.78, 5) is 5.01. The van der Waals surface area contributed by atoms with Gasteiger partial charge in [0.2, 0.25) is 0 Å². The summed E-state index contributed by atoms with van der Waals surface area (Å²) in [6.07, 6.45) is 7.62. The summed E-state index contributed by atoms with van der Waals surface area (Å²) in [5.74, 6) is -0.284. The zero-order valence-corrected chi connectivity index (χ0v) is 22.3. The number of piperazine rings is 2. The van der Waals surface area contributed by atoms with Gasteiger partial charge in [0.25, 0.3) is 0 Å². The van der Waals surface area contributed by atoms with E-state index in [1.54, 1.807) is 0 Å². The Bertz CT molecular complexity index is 779. The number of hydrogen-bond acceptors (Lipinski definition) is 7. The lowest BCUT2D eigenvalue weighted by Crippen LogP contribution is -2.87. The molecule has 5 unspecified atom stereocenters. The van der Waals surface area contributed by atoms with Crippen molar-refractivity contribution in [2.24, 2.45) is 40.4 Å². The molecule has 7 heteroatoms. The molecule has 0 bridgehead atoms. The minimum atomic E-state index is -2.09. The Labute approximate surface area is 212 Å². The molecule has 200 valence electrons. The first-order chi connectivity index (χ1) is 16.7. The Morgan fingerprint density at radius 1 is 0.743 bits per heavy atom. The van der Waals surface area contributed by atoms with Crippen molar-refractivity contribution in [2.45, 2.75) is 83.3 Å². The van der Waals surface area contributed by atoms with E-state index in [1.807, 2.05) is 6.92 Å². The van der Waals surface area contributed by atoms with Gasteiger partial charge in [-0.1, -0.05) is 27.2 Å². The van der Waals surface area contributed by atoms with E-state index in [1.165, 1.54) is 38.5 Å². The quantitative estimate of drug-likeness (QED) is 0.374. The highest BCUT2D eigenvalue weighted by molar-refractivity contribution is 5.24. The fourth-order valence-corrected chi connectivity index (χ4v) is 11.1. The normalized spacial score (nSPS) is 50.2. The molecule has 6 aliphatic rings. The van der Waals surface area contributed by atoms with E-state index in [-0.39, 0.29) is 17.3 Å². The molecule has 4 aliphatic carbocycles. The molecule has 0 aromatic carbocycles. The Morgan fingerprint density at radius 3 is 1.94 bits per heavy atom. The van der Waals surface area contributed by atoms with Crippen LogP contribution < -0.4 is 10.6 Å². The van der Waals surface area contributed by atoms with Crippen LogP contribution in [-0.2, 0) is 0 Å². The molecular weight excluding hydrogens is 440 g/mol. The van der Waals surface area contributed by atoms with Crippen molar-refractivity contribution in [2.75, 3.05) is 52.4 Å². The van der Waals surface area contributed by atoms with Crippen molar-refractivity contribution in [1.29, 1.82) is 0 Å². The van der Waals surface area contributed by atoms with Gasteiger partial charge in [0.1, 0.15) is 11.8 Å². The predicted octanol–water partition coefficient (Wildman–Crippen LogP) is 1.43. The van der Waals surface area contributed by atoms with Crippen LogP contribution in [0.25, 0.3) is 0 Å². The summed E-state index contributed by atoms with van der Waals surface area (Å²) < 4.78 is 0. The lowest BCUT2D eigenvalue weighted by atomic mass is 9.39. The van der Waals surface area contributed by atoms with Crippen LogP contribution in [0.2, 0.25) is 0 Å². The zero-order chi connectivity index (χ0) is 24.6. The molecule has 8 atom stereocenters. The average molecular weight is 491 g/mol. The molecule has 2 heterocycles. The summed E-state index contributed by atoms with van der Waals surface area (Å²) in [7, 11) is 0. The minimum Gasteiger partial charge on any atom is -0.384 e. The van der Waals surface area contributed by atoms with Gasteiger partial charge in [-0.05, 0) is 67.6 Å². The molecule has 2 saturated heterocycles. The number of hydrogen-bond donors (Lipinski definition) is 5. The van der Waals surface area contributed by atoms with Crippen LogP contribution in [0.3, 0.4) is 0 Å². The van der Waals surface area contributed by atoms with Gasteiger partial charge in [-0.15, -0.1) is 0 Å². The molecule has 4 saturated carbocycles. The lowest BCUT2D eigenvalue weighted by molar-refractivity contribution is -0.391. The molecule has 0 amide bonds. The first-order valence-electron chi connectivity index (χ1n) is 14.7. The Morgan fingerprint density at radius 2 is 1.34 bits per heavy atom. The van der Waals surface area contributed by atoms with Gasteiger partial charge in [0.15, 0.2) is 5.79 Å². The first kappa shape index (κ1) is 25.0. The van der Waals surface area contributed by atoms with E-state index in [0.717, 1.165) is 64.7 Å². The van der Waals surface area contributed by atoms with E-state index >= 15 is 0 Å². The maximum absolute atomic E-state index is 12.3. The van der Waals surface area contributed by atoms with Crippen molar-refractivity contribution < 1.29 is 15.3 Å². The number of aliphatic hydroxyl groups excluding tert-OH is 1. The van der Waals surface area contributed by atoms with Crippen molar-refractivity contribution in [1.82, 2.24) is 20.4 Å². The van der Waals surface area contributed by atoms with E-state index in [4.69, 9.17) is 0 Å². The topological polar surface area (TPSA) is 91.2 Å². The van der Waals surface area contributed by atoms with Crippen molar-refractivity contribution in [3.8, 4) is 0 Å². The number of aliphatic hydroxyl groups is 3. The van der Waals surface area contributed by atoms with Gasteiger partial charge in [0.05, 0.1) is 0 Å². The molecular formula is C28H50N4O3. The largest absolute Gasteiger partial charge is 0.384 e. The summed E-state index contributed by atoms with van der Waals surface area (Å²) in [5.41, 5.74) is -0.496. The third kappa shape index (κ3) is 3.22. The first-order valence-corrected chi connectivity index (χ1v) is 14.7. The number of nitrogens with zero attached hydrogens (tertiary/aromatic N) is 2. The molecule has 5 N–H and O–H groups in total. The summed E-state index contributed by atoms with van der Waals surface area (Å²) in [5, 5.41) is 42.7. The smallest absolute Gasteiger partial charge is 0.195 e. The van der Waals surface area contributed by atoms with Crippen molar-refractivity contribution in [3.05, 3.63) is 0 Å². The second-order valence-corrected chi connectivity index (χ2v) is 13.6. The van der Waals surface area contributed by atoms with Gasteiger partial charge >= 0.3 is 0 Å². The molecule has 6 rings (SSSR count). The van der Waals surface area contributed by atoms with E-state index < -0.39 is 17.6 Å². The molecule has 0 aromatic heterocycles. The van der Waals surface area contributed by atoms with E-state index in [0.29, 0.717) is 17.3 Å². The monoisotopic (exact) mass is 490 g/mol. The number of rotatable bonds is 2. The third-order valence-electron chi connectivity index (χ3n) is 12.6. The molecule has 0 aromatic rings. The van der Waals surface area contributed by atoms with Crippen LogP contribution in [0.15, 0.2) is 0 Å². The van der Waals surface area contributed by atoms with Crippen molar-refractivity contribution >= 4 is 0 Å². The van der Waals surface area contributed by atoms with Crippen LogP contribution in [0.4, 0.5) is 0 Å². The van der Waals surface area contributed by atoms with Crippen LogP contribution in [0, 0.1) is 40.4 Å². The van der Waals surface area contributed by atoms with Gasteiger partial charge in [-0.3, -0.25) is 9.80 Å². The fraction of sp³-hybridized carbons (Fsp3) is 1.00. The molecule has 6 fully saturated rings. The zero-order valence-electron chi connectivity index (χ0n) is 22.3. The highest BCUT2D eigenvalue weighted by atomic mass is 16.5. The second kappa shape index (κ2) is 8.62. The highest BCUT2D eigenvalue weighted by Gasteiger charge is 2.76. The standard InChI is InChI=1S/C28H50N4O3/c1-19-21-7-6-20-22-5-4-9-25(22,2)10-8-23(20)26(21,3)28(24(33)27(19,34)35,31-15-11-29-12-16-31)32-17-13-30-14-18-32/h19-24,29-30,33-35H,4-18H2,1-3H3/t19?,20?,21-,22?,23?,24?,25-,26-/m0/s1. The third-order valence-corrected chi connectivity index (χ3v) is 12.6. The van der Waals surface area contributed by atoms with Crippen LogP contribution in [-0.4, -0.2) is 95.0 Å². The predicted molar refractivity (Wildman–Crippen MR) is 136 cm³/mol. The van der Waals surface area contributed by atoms with Gasteiger partial charge in [-0.2, -0.15) is 0 Å². The summed E-state index contributed by atoms with van der Waals surface area (Å²) >= 11 is 0. The molecule has 35 heavy (non-hydrogen) atoms. The SMILES string of the molecule is CC1[C@@H]2CCC3C4CCC[C@@]4(C)CCC3[C@@]2(C)C(N2CCNCC2)(N2CCNCC2)C(O)C1(O)O. The summed E-state index contributed by atoms with van der Waals surface area (Å²) in [6, 6.07) is 0. The number of nitrogens with one attached hydrogen (secondary N) is 2. The van der Waals surface area contributed by atoms with Gasteiger partial charge in [-0.25, -0.2) is 0 Å². The van der Waals surface area contributed by atoms with Crippen LogP contribution in [0.1, 0.15) is 65.7 Å². The highest BCUT2D eigenvalue weighted by Crippen LogP contribution is 2.71. The Balaban J connectivity index is 1.54. The fourth-order valence-electron chi connectivity index (χ4n) is 11.1. The lowest BCUT2D eigenvalue weighted by Gasteiger charge is -2.75. The molecule has 0 radical (unpaired) electrons. The second-order valence-electron chi connectivity index (χ2n) is 13.6. The minimum absolute atomic E-state index is 0.178. The number of fused-ring (bicyclic) bond motifs is 5. The van der Waals surface area contributed by atoms with Crippen LogP contribution in [0.5, 0.6) is 0 Å². The maximum Gasteiger partial charge on any atom is 0.195 e. The van der Waals surface area contributed by atoms with E-state index in [2.05, 4.69) is 34.3 Å². The molecule has 7 nitrogen and oxygen atoms in total. The maximum atomic E-state index is 12.3. The van der Waals surface area contributed by atoms with Crippen LogP contribution >= 0.6 is 0 Å². The molecule has 0 spiro atoms. The molecule has 2 aliphatic heterocycles. The van der Waals surface area contributed by atoms with Gasteiger partial charge < -0.3 is 26.0 Å². The average Bonchev–Trinajstić information content (AvgIpc) is 3.27. The Hall–Kier alpha value is -0.280. The Kier molecular flexibility index (Phi) is 6.16. The van der Waals surface area contributed by atoms with Gasteiger partial charge in [0, 0.05) is 63.7 Å². The van der Waals surface area contributed by atoms with Crippen molar-refractivity contribution in [3.63, 3.8) is 0 Å². The van der Waals surface area contributed by atoms with E-state index in [9.17, 15) is 15.3 Å². The summed E-state index contributed by atoms with van der Waals surface area (Å²) in [6.45, 7) is 14.0.